The number of carbonyl (C=O) groups excluding carboxylic acids is 1. The number of amides is 1. The van der Waals surface area contributed by atoms with Crippen molar-refractivity contribution in [3.63, 3.8) is 0 Å². The highest BCUT2D eigenvalue weighted by molar-refractivity contribution is 5.98. The second-order valence-electron chi connectivity index (χ2n) is 6.09. The van der Waals surface area contributed by atoms with Crippen LogP contribution in [0.2, 0.25) is 0 Å². The average Bonchev–Trinajstić information content (AvgIpc) is 3.05. The van der Waals surface area contributed by atoms with Gasteiger partial charge in [-0.25, -0.2) is 0 Å². The molecule has 0 spiro atoms. The summed E-state index contributed by atoms with van der Waals surface area (Å²) in [7, 11) is 3.15. The van der Waals surface area contributed by atoms with E-state index in [0.717, 1.165) is 5.71 Å². The molecule has 0 saturated carbocycles. The summed E-state index contributed by atoms with van der Waals surface area (Å²) in [5.41, 5.74) is 0.269. The van der Waals surface area contributed by atoms with Crippen LogP contribution in [-0.4, -0.2) is 36.0 Å². The summed E-state index contributed by atoms with van der Waals surface area (Å²) in [5.74, 6) is 0.973. The van der Waals surface area contributed by atoms with Crippen molar-refractivity contribution in [3.05, 3.63) is 59.7 Å². The van der Waals surface area contributed by atoms with Gasteiger partial charge in [0.15, 0.2) is 5.72 Å². The van der Waals surface area contributed by atoms with Gasteiger partial charge in [-0.3, -0.25) is 4.79 Å². The summed E-state index contributed by atoms with van der Waals surface area (Å²) < 4.78 is 10.3. The van der Waals surface area contributed by atoms with Gasteiger partial charge in [0.1, 0.15) is 11.5 Å². The van der Waals surface area contributed by atoms with Gasteiger partial charge in [-0.05, 0) is 42.8 Å². The molecule has 1 heterocycles. The van der Waals surface area contributed by atoms with Gasteiger partial charge in [0.25, 0.3) is 5.91 Å². The fourth-order valence-electron chi connectivity index (χ4n) is 2.97. The number of methoxy groups -OCH3 is 2. The third-order valence-electron chi connectivity index (χ3n) is 4.53. The quantitative estimate of drug-likeness (QED) is 0.895. The van der Waals surface area contributed by atoms with E-state index >= 15 is 0 Å². The predicted octanol–water partition coefficient (Wildman–Crippen LogP) is 3.16. The van der Waals surface area contributed by atoms with Gasteiger partial charge >= 0.3 is 0 Å². The molecule has 0 aromatic heterocycles. The maximum Gasteiger partial charge on any atom is 0.276 e. The SMILES string of the molecule is CCC1=NN(C(=O)c2ccc(OC)cc2)C(O)(c2ccc(OC)cc2)C1. The summed E-state index contributed by atoms with van der Waals surface area (Å²) in [4.78, 5) is 13.0. The minimum Gasteiger partial charge on any atom is -0.497 e. The highest BCUT2D eigenvalue weighted by Crippen LogP contribution is 2.37. The monoisotopic (exact) mass is 354 g/mol. The van der Waals surface area contributed by atoms with Crippen LogP contribution < -0.4 is 9.47 Å². The molecule has 26 heavy (non-hydrogen) atoms. The molecule has 1 unspecified atom stereocenters. The van der Waals surface area contributed by atoms with E-state index in [4.69, 9.17) is 9.47 Å². The molecule has 3 rings (SSSR count). The molecular weight excluding hydrogens is 332 g/mol. The molecule has 6 heteroatoms. The molecule has 1 N–H and O–H groups in total. The van der Waals surface area contributed by atoms with Crippen LogP contribution >= 0.6 is 0 Å². The van der Waals surface area contributed by atoms with E-state index in [1.165, 1.54) is 5.01 Å². The average molecular weight is 354 g/mol. The van der Waals surface area contributed by atoms with Crippen molar-refractivity contribution < 1.29 is 19.4 Å². The van der Waals surface area contributed by atoms with Crippen LogP contribution in [0.4, 0.5) is 0 Å². The van der Waals surface area contributed by atoms with E-state index in [0.29, 0.717) is 29.0 Å². The summed E-state index contributed by atoms with van der Waals surface area (Å²) in [6.07, 6.45) is 0.933. The number of rotatable bonds is 5. The Labute approximate surface area is 152 Å². The molecule has 1 aliphatic heterocycles. The Bertz CT molecular complexity index is 815. The number of hydrogen-bond donors (Lipinski definition) is 1. The van der Waals surface area contributed by atoms with E-state index in [2.05, 4.69) is 5.10 Å². The van der Waals surface area contributed by atoms with Gasteiger partial charge < -0.3 is 14.6 Å². The number of aliphatic hydroxyl groups is 1. The highest BCUT2D eigenvalue weighted by Gasteiger charge is 2.45. The molecule has 0 bridgehead atoms. The van der Waals surface area contributed by atoms with Crippen molar-refractivity contribution in [3.8, 4) is 11.5 Å². The van der Waals surface area contributed by atoms with Crippen molar-refractivity contribution >= 4 is 11.6 Å². The van der Waals surface area contributed by atoms with Crippen LogP contribution in [0.15, 0.2) is 53.6 Å². The van der Waals surface area contributed by atoms with Crippen LogP contribution in [-0.2, 0) is 5.72 Å². The lowest BCUT2D eigenvalue weighted by Gasteiger charge is -2.31. The van der Waals surface area contributed by atoms with Gasteiger partial charge in [0.05, 0.1) is 14.2 Å². The summed E-state index contributed by atoms with van der Waals surface area (Å²) in [6, 6.07) is 13.8. The fourth-order valence-corrected chi connectivity index (χ4v) is 2.97. The molecular formula is C20H22N2O4. The Morgan fingerprint density at radius 1 is 1.08 bits per heavy atom. The van der Waals surface area contributed by atoms with Crippen LogP contribution in [0.25, 0.3) is 0 Å². The first-order valence-corrected chi connectivity index (χ1v) is 8.43. The number of nitrogens with zero attached hydrogens (tertiary/aromatic N) is 2. The molecule has 0 saturated heterocycles. The summed E-state index contributed by atoms with van der Waals surface area (Å²) in [6.45, 7) is 1.95. The van der Waals surface area contributed by atoms with Crippen molar-refractivity contribution in [2.24, 2.45) is 5.10 Å². The fraction of sp³-hybridized carbons (Fsp3) is 0.300. The second kappa shape index (κ2) is 7.17. The number of ether oxygens (including phenoxy) is 2. The van der Waals surface area contributed by atoms with Gasteiger partial charge in [0, 0.05) is 23.3 Å². The second-order valence-corrected chi connectivity index (χ2v) is 6.09. The van der Waals surface area contributed by atoms with Crippen molar-refractivity contribution in [2.75, 3.05) is 14.2 Å². The Kier molecular flexibility index (Phi) is 4.95. The smallest absolute Gasteiger partial charge is 0.276 e. The molecule has 1 aliphatic rings. The van der Waals surface area contributed by atoms with E-state index in [1.807, 2.05) is 6.92 Å². The van der Waals surface area contributed by atoms with E-state index < -0.39 is 5.72 Å². The Morgan fingerprint density at radius 2 is 1.62 bits per heavy atom. The van der Waals surface area contributed by atoms with E-state index in [9.17, 15) is 9.90 Å². The molecule has 2 aromatic rings. The third kappa shape index (κ3) is 3.15. The lowest BCUT2D eigenvalue weighted by Crippen LogP contribution is -2.43. The standard InChI is InChI=1S/C20H22N2O4/c1-4-16-13-20(24,15-7-11-18(26-3)12-8-15)22(21-16)19(23)14-5-9-17(25-2)10-6-14/h5-12,24H,4,13H2,1-3H3. The minimum atomic E-state index is -1.52. The zero-order valence-corrected chi connectivity index (χ0v) is 15.1. The Balaban J connectivity index is 1.97. The van der Waals surface area contributed by atoms with Crippen molar-refractivity contribution in [1.29, 1.82) is 0 Å². The minimum absolute atomic E-state index is 0.276. The van der Waals surface area contributed by atoms with Gasteiger partial charge in [-0.1, -0.05) is 19.1 Å². The molecule has 0 fully saturated rings. The topological polar surface area (TPSA) is 71.4 Å². The van der Waals surface area contributed by atoms with Crippen LogP contribution in [0, 0.1) is 0 Å². The highest BCUT2D eigenvalue weighted by atomic mass is 16.5. The van der Waals surface area contributed by atoms with Gasteiger partial charge in [-0.2, -0.15) is 10.1 Å². The number of benzene rings is 2. The molecule has 2 aromatic carbocycles. The molecule has 1 amide bonds. The van der Waals surface area contributed by atoms with Gasteiger partial charge in [0.2, 0.25) is 0 Å². The maximum atomic E-state index is 13.0. The van der Waals surface area contributed by atoms with Crippen LogP contribution in [0.3, 0.4) is 0 Å². The Morgan fingerprint density at radius 3 is 2.12 bits per heavy atom. The lowest BCUT2D eigenvalue weighted by atomic mass is 9.96. The van der Waals surface area contributed by atoms with E-state index in [-0.39, 0.29) is 12.3 Å². The largest absolute Gasteiger partial charge is 0.497 e. The van der Waals surface area contributed by atoms with Crippen molar-refractivity contribution in [2.45, 2.75) is 25.5 Å². The first-order chi connectivity index (χ1) is 12.5. The van der Waals surface area contributed by atoms with Crippen molar-refractivity contribution in [1.82, 2.24) is 5.01 Å². The summed E-state index contributed by atoms with van der Waals surface area (Å²) >= 11 is 0. The Hall–Kier alpha value is -2.86. The van der Waals surface area contributed by atoms with Gasteiger partial charge in [-0.15, -0.1) is 0 Å². The number of carbonyl (C=O) groups is 1. The third-order valence-corrected chi connectivity index (χ3v) is 4.53. The zero-order chi connectivity index (χ0) is 18.7. The van der Waals surface area contributed by atoms with Crippen LogP contribution in [0.1, 0.15) is 35.7 Å². The van der Waals surface area contributed by atoms with E-state index in [1.54, 1.807) is 62.8 Å². The maximum absolute atomic E-state index is 13.0. The molecule has 1 atom stereocenters. The number of hydrogen-bond acceptors (Lipinski definition) is 5. The first-order valence-electron chi connectivity index (χ1n) is 8.43. The normalized spacial score (nSPS) is 19.2. The number of hydrazone groups is 1. The molecule has 136 valence electrons. The van der Waals surface area contributed by atoms with Crippen LogP contribution in [0.5, 0.6) is 11.5 Å². The molecule has 6 nitrogen and oxygen atoms in total. The molecule has 0 aliphatic carbocycles. The summed E-state index contributed by atoms with van der Waals surface area (Å²) in [5, 5.41) is 16.9. The lowest BCUT2D eigenvalue weighted by molar-refractivity contribution is -0.0765. The molecule has 0 radical (unpaired) electrons. The zero-order valence-electron chi connectivity index (χ0n) is 15.1. The first kappa shape index (κ1) is 17.9. The predicted molar refractivity (Wildman–Crippen MR) is 98.4 cm³/mol.